The molecule has 0 saturated carbocycles. The van der Waals surface area contributed by atoms with Gasteiger partial charge in [-0.25, -0.2) is 0 Å². The summed E-state index contributed by atoms with van der Waals surface area (Å²) in [7, 11) is 0. The van der Waals surface area contributed by atoms with Crippen molar-refractivity contribution in [3.05, 3.63) is 34.9 Å². The van der Waals surface area contributed by atoms with Gasteiger partial charge in [0, 0.05) is 37.0 Å². The second-order valence-corrected chi connectivity index (χ2v) is 6.82. The summed E-state index contributed by atoms with van der Waals surface area (Å²) in [6.45, 7) is 8.76. The molecule has 0 aromatic heterocycles. The average molecular weight is 325 g/mol. The molecule has 4 nitrogen and oxygen atoms in total. The minimum atomic E-state index is -0.412. The highest BCUT2D eigenvalue weighted by molar-refractivity contribution is 6.30. The van der Waals surface area contributed by atoms with Crippen LogP contribution in [0.1, 0.15) is 33.3 Å². The first-order chi connectivity index (χ1) is 10.2. The van der Waals surface area contributed by atoms with Gasteiger partial charge in [0.05, 0.1) is 0 Å². The van der Waals surface area contributed by atoms with Gasteiger partial charge in [-0.05, 0) is 24.1 Å². The Morgan fingerprint density at radius 3 is 2.23 bits per heavy atom. The number of nitrogens with zero attached hydrogens (tertiary/aromatic N) is 1. The molecule has 0 fully saturated rings. The van der Waals surface area contributed by atoms with E-state index in [0.29, 0.717) is 24.7 Å². The van der Waals surface area contributed by atoms with Crippen molar-refractivity contribution in [3.63, 3.8) is 0 Å². The molecule has 0 heterocycles. The number of benzene rings is 1. The fourth-order valence-corrected chi connectivity index (χ4v) is 2.04. The van der Waals surface area contributed by atoms with E-state index in [4.69, 9.17) is 11.6 Å². The molecule has 22 heavy (non-hydrogen) atoms. The molecule has 0 spiro atoms. The van der Waals surface area contributed by atoms with Gasteiger partial charge in [0.25, 0.3) is 0 Å². The first-order valence-corrected chi connectivity index (χ1v) is 7.86. The maximum absolute atomic E-state index is 11.8. The number of hydrogen-bond donors (Lipinski definition) is 1. The van der Waals surface area contributed by atoms with Crippen LogP contribution in [0.5, 0.6) is 0 Å². The lowest BCUT2D eigenvalue weighted by Gasteiger charge is -2.23. The van der Waals surface area contributed by atoms with Crippen molar-refractivity contribution in [1.29, 1.82) is 0 Å². The van der Waals surface area contributed by atoms with E-state index in [9.17, 15) is 9.59 Å². The topological polar surface area (TPSA) is 49.4 Å². The second kappa shape index (κ2) is 8.18. The van der Waals surface area contributed by atoms with E-state index >= 15 is 0 Å². The van der Waals surface area contributed by atoms with Gasteiger partial charge in [0.1, 0.15) is 0 Å². The van der Waals surface area contributed by atoms with Crippen molar-refractivity contribution in [2.24, 2.45) is 5.41 Å². The SMILES string of the molecule is CC(=O)N(CCNC(=O)C(C)(C)C)CCc1ccc(Cl)cc1. The zero-order valence-electron chi connectivity index (χ0n) is 13.8. The lowest BCUT2D eigenvalue weighted by molar-refractivity contribution is -0.131. The summed E-state index contributed by atoms with van der Waals surface area (Å²) >= 11 is 5.86. The predicted molar refractivity (Wildman–Crippen MR) is 89.9 cm³/mol. The standard InChI is InChI=1S/C17H25ClN2O2/c1-13(21)20(12-10-19-16(22)17(2,3)4)11-9-14-5-7-15(18)8-6-14/h5-8H,9-12H2,1-4H3,(H,19,22). The van der Waals surface area contributed by atoms with E-state index in [1.165, 1.54) is 0 Å². The highest BCUT2D eigenvalue weighted by Gasteiger charge is 2.20. The molecule has 2 amide bonds. The minimum Gasteiger partial charge on any atom is -0.354 e. The van der Waals surface area contributed by atoms with Crippen LogP contribution >= 0.6 is 11.6 Å². The zero-order valence-corrected chi connectivity index (χ0v) is 14.5. The van der Waals surface area contributed by atoms with Crippen LogP contribution in [0.25, 0.3) is 0 Å². The summed E-state index contributed by atoms with van der Waals surface area (Å²) in [5.74, 6) is 0.00711. The summed E-state index contributed by atoms with van der Waals surface area (Å²) in [5, 5.41) is 3.57. The van der Waals surface area contributed by atoms with E-state index in [2.05, 4.69) is 5.32 Å². The first-order valence-electron chi connectivity index (χ1n) is 7.48. The van der Waals surface area contributed by atoms with Gasteiger partial charge in [0.15, 0.2) is 0 Å². The molecular formula is C17H25ClN2O2. The number of hydrogen-bond acceptors (Lipinski definition) is 2. The van der Waals surface area contributed by atoms with E-state index in [0.717, 1.165) is 12.0 Å². The highest BCUT2D eigenvalue weighted by atomic mass is 35.5. The van der Waals surface area contributed by atoms with Gasteiger partial charge in [-0.2, -0.15) is 0 Å². The molecule has 1 N–H and O–H groups in total. The molecule has 122 valence electrons. The number of halogens is 1. The molecule has 1 aromatic rings. The van der Waals surface area contributed by atoms with Crippen molar-refractivity contribution < 1.29 is 9.59 Å². The van der Waals surface area contributed by atoms with Crippen LogP contribution < -0.4 is 5.32 Å². The molecule has 0 atom stereocenters. The van der Waals surface area contributed by atoms with Crippen molar-refractivity contribution in [2.45, 2.75) is 34.1 Å². The summed E-state index contributed by atoms with van der Waals surface area (Å²) in [6, 6.07) is 7.61. The Balaban J connectivity index is 2.44. The third kappa shape index (κ3) is 6.48. The van der Waals surface area contributed by atoms with Gasteiger partial charge in [-0.3, -0.25) is 9.59 Å². The van der Waals surface area contributed by atoms with Crippen LogP contribution in [0, 0.1) is 5.41 Å². The van der Waals surface area contributed by atoms with E-state index in [1.807, 2.05) is 45.0 Å². The van der Waals surface area contributed by atoms with Gasteiger partial charge in [-0.1, -0.05) is 44.5 Å². The van der Waals surface area contributed by atoms with Gasteiger partial charge < -0.3 is 10.2 Å². The van der Waals surface area contributed by atoms with Crippen molar-refractivity contribution >= 4 is 23.4 Å². The fraction of sp³-hybridized carbons (Fsp3) is 0.529. The van der Waals surface area contributed by atoms with Crippen molar-refractivity contribution in [2.75, 3.05) is 19.6 Å². The third-order valence-corrected chi connectivity index (χ3v) is 3.63. The molecule has 5 heteroatoms. The van der Waals surface area contributed by atoms with E-state index < -0.39 is 5.41 Å². The maximum Gasteiger partial charge on any atom is 0.225 e. The molecule has 0 aliphatic heterocycles. The summed E-state index contributed by atoms with van der Waals surface area (Å²) in [5.41, 5.74) is 0.721. The quantitative estimate of drug-likeness (QED) is 0.874. The Morgan fingerprint density at radius 2 is 1.73 bits per heavy atom. The maximum atomic E-state index is 11.8. The second-order valence-electron chi connectivity index (χ2n) is 6.39. The Labute approximate surface area is 137 Å². The fourth-order valence-electron chi connectivity index (χ4n) is 1.91. The molecule has 0 aliphatic rings. The lowest BCUT2D eigenvalue weighted by atomic mass is 9.96. The largest absolute Gasteiger partial charge is 0.354 e. The van der Waals surface area contributed by atoms with Crippen molar-refractivity contribution in [3.8, 4) is 0 Å². The van der Waals surface area contributed by atoms with Crippen LogP contribution in [0.15, 0.2) is 24.3 Å². The van der Waals surface area contributed by atoms with Crippen LogP contribution in [0.4, 0.5) is 0 Å². The average Bonchev–Trinajstić information content (AvgIpc) is 2.42. The van der Waals surface area contributed by atoms with Crippen LogP contribution in [-0.2, 0) is 16.0 Å². The van der Waals surface area contributed by atoms with E-state index in [1.54, 1.807) is 11.8 Å². The Hall–Kier alpha value is -1.55. The Morgan fingerprint density at radius 1 is 1.14 bits per heavy atom. The van der Waals surface area contributed by atoms with Gasteiger partial charge >= 0.3 is 0 Å². The minimum absolute atomic E-state index is 0.00583. The molecule has 0 aliphatic carbocycles. The van der Waals surface area contributed by atoms with Crippen LogP contribution in [0.3, 0.4) is 0 Å². The van der Waals surface area contributed by atoms with Gasteiger partial charge in [0.2, 0.25) is 11.8 Å². The molecular weight excluding hydrogens is 300 g/mol. The zero-order chi connectivity index (χ0) is 16.8. The highest BCUT2D eigenvalue weighted by Crippen LogP contribution is 2.12. The molecule has 0 bridgehead atoms. The molecule has 1 aromatic carbocycles. The number of amides is 2. The molecule has 0 unspecified atom stereocenters. The third-order valence-electron chi connectivity index (χ3n) is 3.38. The monoisotopic (exact) mass is 324 g/mol. The van der Waals surface area contributed by atoms with Gasteiger partial charge in [-0.15, -0.1) is 0 Å². The smallest absolute Gasteiger partial charge is 0.225 e. The molecule has 0 saturated heterocycles. The Kier molecular flexibility index (Phi) is 6.88. The summed E-state index contributed by atoms with van der Waals surface area (Å²) in [6.07, 6.45) is 0.768. The number of nitrogens with one attached hydrogen (secondary N) is 1. The lowest BCUT2D eigenvalue weighted by Crippen LogP contribution is -2.41. The summed E-state index contributed by atoms with van der Waals surface area (Å²) in [4.78, 5) is 25.2. The first kappa shape index (κ1) is 18.5. The summed E-state index contributed by atoms with van der Waals surface area (Å²) < 4.78 is 0. The number of carbonyl (C=O) groups is 2. The number of carbonyl (C=O) groups excluding carboxylic acids is 2. The van der Waals surface area contributed by atoms with E-state index in [-0.39, 0.29) is 11.8 Å². The Bertz CT molecular complexity index is 506. The normalized spacial score (nSPS) is 11.1. The molecule has 1 rings (SSSR count). The predicted octanol–water partition coefficient (Wildman–Crippen LogP) is 2.89. The van der Waals surface area contributed by atoms with Crippen molar-refractivity contribution in [1.82, 2.24) is 10.2 Å². The van der Waals surface area contributed by atoms with Crippen LogP contribution in [-0.4, -0.2) is 36.3 Å². The van der Waals surface area contributed by atoms with Crippen LogP contribution in [0.2, 0.25) is 5.02 Å². The molecule has 0 radical (unpaired) electrons. The number of rotatable bonds is 6.